The van der Waals surface area contributed by atoms with E-state index in [1.54, 1.807) is 20.3 Å². The van der Waals surface area contributed by atoms with Gasteiger partial charge in [0.2, 0.25) is 5.89 Å². The zero-order valence-corrected chi connectivity index (χ0v) is 20.8. The van der Waals surface area contributed by atoms with Crippen molar-refractivity contribution < 1.29 is 38.7 Å². The summed E-state index contributed by atoms with van der Waals surface area (Å²) in [4.78, 5) is 15.2. The molecular weight excluding hydrogens is 454 g/mol. The summed E-state index contributed by atoms with van der Waals surface area (Å²) in [6.45, 7) is 4.17. The van der Waals surface area contributed by atoms with Gasteiger partial charge in [0.25, 0.3) is 0 Å². The fourth-order valence-electron chi connectivity index (χ4n) is 3.48. The number of nitrogens with zero attached hydrogens (tertiary/aromatic N) is 1. The van der Waals surface area contributed by atoms with Crippen molar-refractivity contribution >= 4 is 12.0 Å². The largest absolute Gasteiger partial charge is 0.497 e. The zero-order valence-electron chi connectivity index (χ0n) is 20.8. The number of aromatic nitrogens is 1. The number of carboxylic acids is 1. The SMILES string of the molecule is COc1ccc(COC(CCCC(O)CC(=O)O)CC(O)c2coc(/C=C(/C)C(C)OC)n2)cc1. The summed E-state index contributed by atoms with van der Waals surface area (Å²) in [5, 5.41) is 29.5. The number of hydrogen-bond donors (Lipinski definition) is 3. The molecule has 9 heteroatoms. The summed E-state index contributed by atoms with van der Waals surface area (Å²) in [5.74, 6) is 0.0957. The van der Waals surface area contributed by atoms with Gasteiger partial charge in [-0.1, -0.05) is 12.1 Å². The third-order valence-corrected chi connectivity index (χ3v) is 5.83. The predicted molar refractivity (Wildman–Crippen MR) is 130 cm³/mol. The van der Waals surface area contributed by atoms with Gasteiger partial charge in [-0.25, -0.2) is 4.98 Å². The highest BCUT2D eigenvalue weighted by Gasteiger charge is 2.21. The molecule has 0 spiro atoms. The molecule has 0 amide bonds. The van der Waals surface area contributed by atoms with Gasteiger partial charge in [0.15, 0.2) is 0 Å². The third kappa shape index (κ3) is 10.2. The van der Waals surface area contributed by atoms with Gasteiger partial charge >= 0.3 is 5.97 Å². The first kappa shape index (κ1) is 28.5. The Labute approximate surface area is 206 Å². The van der Waals surface area contributed by atoms with Crippen molar-refractivity contribution in [2.75, 3.05) is 14.2 Å². The summed E-state index contributed by atoms with van der Waals surface area (Å²) < 4.78 is 22.0. The molecule has 1 aromatic heterocycles. The van der Waals surface area contributed by atoms with Gasteiger partial charge < -0.3 is 33.9 Å². The first-order valence-electron chi connectivity index (χ1n) is 11.7. The van der Waals surface area contributed by atoms with Crippen LogP contribution in [0.25, 0.3) is 6.08 Å². The van der Waals surface area contributed by atoms with Gasteiger partial charge in [-0.05, 0) is 56.4 Å². The van der Waals surface area contributed by atoms with Gasteiger partial charge in [0.05, 0.1) is 38.4 Å². The molecule has 0 saturated heterocycles. The van der Waals surface area contributed by atoms with Crippen LogP contribution in [0.1, 0.15) is 69.2 Å². The van der Waals surface area contributed by atoms with Crippen molar-refractivity contribution in [3.05, 3.63) is 53.2 Å². The topological polar surface area (TPSA) is 131 Å². The predicted octanol–water partition coefficient (Wildman–Crippen LogP) is 4.14. The van der Waals surface area contributed by atoms with E-state index in [1.165, 1.54) is 6.26 Å². The molecule has 0 bridgehead atoms. The highest BCUT2D eigenvalue weighted by atomic mass is 16.5. The van der Waals surface area contributed by atoms with Crippen molar-refractivity contribution in [3.63, 3.8) is 0 Å². The summed E-state index contributed by atoms with van der Waals surface area (Å²) in [6, 6.07) is 7.51. The quantitative estimate of drug-likeness (QED) is 0.317. The van der Waals surface area contributed by atoms with Crippen LogP contribution in [0.2, 0.25) is 0 Å². The van der Waals surface area contributed by atoms with Gasteiger partial charge in [-0.15, -0.1) is 0 Å². The van der Waals surface area contributed by atoms with Crippen molar-refractivity contribution in [3.8, 4) is 5.75 Å². The lowest BCUT2D eigenvalue weighted by atomic mass is 10.0. The number of carboxylic acid groups (broad SMARTS) is 1. The summed E-state index contributed by atoms with van der Waals surface area (Å²) in [5.41, 5.74) is 2.29. The number of hydrogen-bond acceptors (Lipinski definition) is 8. The molecule has 9 nitrogen and oxygen atoms in total. The maximum atomic E-state index is 10.8. The molecule has 3 N–H and O–H groups in total. The number of oxazole rings is 1. The van der Waals surface area contributed by atoms with Gasteiger partial charge in [0, 0.05) is 19.6 Å². The Bertz CT molecular complexity index is 924. The van der Waals surface area contributed by atoms with Gasteiger partial charge in [-0.2, -0.15) is 0 Å². The first-order valence-corrected chi connectivity index (χ1v) is 11.7. The maximum absolute atomic E-state index is 10.8. The second-order valence-electron chi connectivity index (χ2n) is 8.59. The lowest BCUT2D eigenvalue weighted by molar-refractivity contribution is -0.139. The molecule has 1 heterocycles. The van der Waals surface area contributed by atoms with Crippen LogP contribution in [0.15, 0.2) is 40.5 Å². The van der Waals surface area contributed by atoms with E-state index in [2.05, 4.69) is 4.98 Å². The molecule has 0 aliphatic heterocycles. The Morgan fingerprint density at radius 3 is 2.51 bits per heavy atom. The number of aliphatic hydroxyl groups excluding tert-OH is 2. The van der Waals surface area contributed by atoms with Crippen molar-refractivity contribution in [1.29, 1.82) is 0 Å². The second-order valence-corrected chi connectivity index (χ2v) is 8.59. The van der Waals surface area contributed by atoms with Crippen molar-refractivity contribution in [1.82, 2.24) is 4.98 Å². The number of carbonyl (C=O) groups is 1. The van der Waals surface area contributed by atoms with E-state index in [0.29, 0.717) is 37.5 Å². The molecule has 4 atom stereocenters. The van der Waals surface area contributed by atoms with E-state index >= 15 is 0 Å². The van der Waals surface area contributed by atoms with Gasteiger partial charge in [0.1, 0.15) is 23.8 Å². The van der Waals surface area contributed by atoms with Gasteiger partial charge in [-0.3, -0.25) is 4.79 Å². The highest BCUT2D eigenvalue weighted by Crippen LogP contribution is 2.24. The van der Waals surface area contributed by atoms with Crippen molar-refractivity contribution in [2.45, 2.75) is 77.0 Å². The molecule has 0 saturated carbocycles. The Balaban J connectivity index is 2.01. The van der Waals surface area contributed by atoms with Crippen LogP contribution in [-0.4, -0.2) is 58.8 Å². The number of benzene rings is 1. The number of aliphatic hydroxyl groups is 2. The lowest BCUT2D eigenvalue weighted by Gasteiger charge is -2.21. The smallest absolute Gasteiger partial charge is 0.305 e. The van der Waals surface area contributed by atoms with E-state index in [4.69, 9.17) is 23.7 Å². The van der Waals surface area contributed by atoms with Crippen LogP contribution in [-0.2, 0) is 20.9 Å². The molecule has 2 rings (SSSR count). The average Bonchev–Trinajstić information content (AvgIpc) is 3.30. The minimum absolute atomic E-state index is 0.0810. The van der Waals surface area contributed by atoms with Crippen LogP contribution >= 0.6 is 0 Å². The molecule has 2 aromatic rings. The first-order chi connectivity index (χ1) is 16.7. The standard InChI is InChI=1S/C26H37NO8/c1-17(18(2)32-3)12-25-27-23(16-35-25)24(29)14-22(7-5-6-20(28)13-26(30)31)34-15-19-8-10-21(33-4)11-9-19/h8-12,16,18,20,22,24,28-29H,5-7,13-15H2,1-4H3,(H,30,31)/b17-12-. The fraction of sp³-hybridized carbons (Fsp3) is 0.538. The van der Waals surface area contributed by atoms with E-state index in [-0.39, 0.29) is 25.0 Å². The van der Waals surface area contributed by atoms with Crippen LogP contribution in [0.5, 0.6) is 5.75 Å². The Kier molecular flexibility index (Phi) is 11.9. The Hall–Kier alpha value is -2.72. The maximum Gasteiger partial charge on any atom is 0.305 e. The molecule has 35 heavy (non-hydrogen) atoms. The summed E-state index contributed by atoms with van der Waals surface area (Å²) >= 11 is 0. The van der Waals surface area contributed by atoms with E-state index in [0.717, 1.165) is 16.9 Å². The highest BCUT2D eigenvalue weighted by molar-refractivity contribution is 5.67. The molecule has 194 valence electrons. The normalized spacial score (nSPS) is 15.4. The number of rotatable bonds is 16. The number of methoxy groups -OCH3 is 2. The van der Waals surface area contributed by atoms with Crippen LogP contribution in [0.3, 0.4) is 0 Å². The minimum Gasteiger partial charge on any atom is -0.497 e. The summed E-state index contributed by atoms with van der Waals surface area (Å²) in [7, 11) is 3.23. The number of ether oxygens (including phenoxy) is 3. The van der Waals surface area contributed by atoms with Crippen LogP contribution in [0.4, 0.5) is 0 Å². The molecule has 1 aromatic carbocycles. The molecule has 0 aliphatic rings. The second kappa shape index (κ2) is 14.6. The molecule has 0 fully saturated rings. The van der Waals surface area contributed by atoms with E-state index in [1.807, 2.05) is 38.1 Å². The van der Waals surface area contributed by atoms with E-state index in [9.17, 15) is 15.0 Å². The summed E-state index contributed by atoms with van der Waals surface area (Å²) in [6.07, 6.45) is 2.36. The van der Waals surface area contributed by atoms with E-state index < -0.39 is 18.2 Å². The fourth-order valence-corrected chi connectivity index (χ4v) is 3.48. The van der Waals surface area contributed by atoms with Crippen molar-refractivity contribution in [2.24, 2.45) is 0 Å². The van der Waals surface area contributed by atoms with Crippen LogP contribution in [0, 0.1) is 0 Å². The molecular formula is C26H37NO8. The Morgan fingerprint density at radius 1 is 1.17 bits per heavy atom. The molecule has 4 unspecified atom stereocenters. The minimum atomic E-state index is -1.04. The average molecular weight is 492 g/mol. The zero-order chi connectivity index (χ0) is 25.8. The molecule has 0 aliphatic carbocycles. The van der Waals surface area contributed by atoms with Crippen LogP contribution < -0.4 is 4.74 Å². The lowest BCUT2D eigenvalue weighted by Crippen LogP contribution is -2.19. The molecule has 0 radical (unpaired) electrons. The Morgan fingerprint density at radius 2 is 1.89 bits per heavy atom. The number of aliphatic carboxylic acids is 1. The monoisotopic (exact) mass is 491 g/mol. The third-order valence-electron chi connectivity index (χ3n) is 5.83.